The van der Waals surface area contributed by atoms with Gasteiger partial charge in [0.05, 0.1) is 13.2 Å². The first-order chi connectivity index (χ1) is 10.3. The van der Waals surface area contributed by atoms with Gasteiger partial charge in [0.2, 0.25) is 0 Å². The summed E-state index contributed by atoms with van der Waals surface area (Å²) in [5.74, 6) is 0.0689. The molecule has 1 N–H and O–H groups in total. The Kier molecular flexibility index (Phi) is 4.57. The number of morpholine rings is 1. The third-order valence-corrected chi connectivity index (χ3v) is 3.78. The van der Waals surface area contributed by atoms with Crippen molar-refractivity contribution in [2.24, 2.45) is 0 Å². The first-order valence-electron chi connectivity index (χ1n) is 7.35. The second-order valence-electron chi connectivity index (χ2n) is 5.21. The fourth-order valence-corrected chi connectivity index (χ4v) is 2.54. The van der Waals surface area contributed by atoms with Crippen molar-refractivity contribution in [2.75, 3.05) is 62.9 Å². The quantitative estimate of drug-likeness (QED) is 0.867. The lowest BCUT2D eigenvalue weighted by Crippen LogP contribution is -2.36. The fraction of sp³-hybridized carbons (Fsp3) is 0.533. The van der Waals surface area contributed by atoms with Crippen LogP contribution in [0.15, 0.2) is 24.3 Å². The number of nitrogens with one attached hydrogen (secondary N) is 1. The highest BCUT2D eigenvalue weighted by atomic mass is 16.5. The zero-order valence-corrected chi connectivity index (χ0v) is 12.1. The van der Waals surface area contributed by atoms with Crippen LogP contribution < -0.4 is 10.2 Å². The van der Waals surface area contributed by atoms with Crippen LogP contribution in [0.4, 0.5) is 11.4 Å². The first kappa shape index (κ1) is 14.2. The molecule has 1 aromatic carbocycles. The molecule has 0 bridgehead atoms. The Morgan fingerprint density at radius 1 is 1.10 bits per heavy atom. The summed E-state index contributed by atoms with van der Waals surface area (Å²) < 4.78 is 10.4. The van der Waals surface area contributed by atoms with Crippen molar-refractivity contribution in [1.29, 1.82) is 0 Å². The van der Waals surface area contributed by atoms with Crippen LogP contribution in [0.5, 0.6) is 0 Å². The van der Waals surface area contributed by atoms with Crippen molar-refractivity contribution in [1.82, 2.24) is 4.90 Å². The minimum absolute atomic E-state index is 0.0689. The van der Waals surface area contributed by atoms with E-state index in [4.69, 9.17) is 9.47 Å². The summed E-state index contributed by atoms with van der Waals surface area (Å²) in [5, 5.41) is 3.33. The van der Waals surface area contributed by atoms with E-state index in [9.17, 15) is 4.79 Å². The van der Waals surface area contributed by atoms with Crippen LogP contribution in [0.25, 0.3) is 0 Å². The summed E-state index contributed by atoms with van der Waals surface area (Å²) in [6.45, 7) is 5.52. The molecule has 0 aliphatic carbocycles. The number of nitrogens with zero attached hydrogens (tertiary/aromatic N) is 2. The number of carbonyl (C=O) groups excluding carboxylic acids is 1. The molecule has 1 aromatic rings. The summed E-state index contributed by atoms with van der Waals surface area (Å²) in [5.41, 5.74) is 2.30. The predicted octanol–water partition coefficient (Wildman–Crippen LogP) is 0.751. The molecule has 114 valence electrons. The minimum atomic E-state index is 0.0689. The second kappa shape index (κ2) is 6.78. The van der Waals surface area contributed by atoms with Gasteiger partial charge in [0.15, 0.2) is 0 Å². The van der Waals surface area contributed by atoms with E-state index < -0.39 is 0 Å². The first-order valence-corrected chi connectivity index (χ1v) is 7.35. The van der Waals surface area contributed by atoms with Gasteiger partial charge in [-0.2, -0.15) is 0 Å². The second-order valence-corrected chi connectivity index (χ2v) is 5.21. The Morgan fingerprint density at radius 3 is 2.52 bits per heavy atom. The Hall–Kier alpha value is -1.79. The molecule has 0 aromatic heterocycles. The average Bonchev–Trinajstić information content (AvgIpc) is 2.94. The monoisotopic (exact) mass is 291 g/mol. The molecular weight excluding hydrogens is 270 g/mol. The molecule has 2 heterocycles. The molecule has 2 fully saturated rings. The molecule has 1 amide bonds. The van der Waals surface area contributed by atoms with Gasteiger partial charge in [-0.3, -0.25) is 4.79 Å². The van der Waals surface area contributed by atoms with Crippen molar-refractivity contribution in [3.05, 3.63) is 24.3 Å². The molecule has 2 saturated heterocycles. The standard InChI is InChI=1S/C15H21N3O3/c19-15-11-21-12-18(15)6-5-16-13-1-3-14(4-2-13)17-7-9-20-10-8-17/h1-4,16H,5-12H2. The summed E-state index contributed by atoms with van der Waals surface area (Å²) in [6.07, 6.45) is 0. The van der Waals surface area contributed by atoms with E-state index in [-0.39, 0.29) is 12.5 Å². The third-order valence-electron chi connectivity index (χ3n) is 3.78. The lowest BCUT2D eigenvalue weighted by Gasteiger charge is -2.29. The molecule has 0 spiro atoms. The highest BCUT2D eigenvalue weighted by Crippen LogP contribution is 2.18. The number of hydrogen-bond acceptors (Lipinski definition) is 5. The van der Waals surface area contributed by atoms with Crippen molar-refractivity contribution >= 4 is 17.3 Å². The van der Waals surface area contributed by atoms with Gasteiger partial charge in [0, 0.05) is 37.6 Å². The largest absolute Gasteiger partial charge is 0.383 e. The van der Waals surface area contributed by atoms with E-state index in [1.807, 2.05) is 0 Å². The molecule has 2 aliphatic rings. The molecule has 3 rings (SSSR count). The lowest BCUT2D eigenvalue weighted by atomic mass is 10.2. The molecule has 6 heteroatoms. The van der Waals surface area contributed by atoms with Gasteiger partial charge in [0.1, 0.15) is 13.3 Å². The summed E-state index contributed by atoms with van der Waals surface area (Å²) >= 11 is 0. The highest BCUT2D eigenvalue weighted by molar-refractivity contribution is 5.78. The van der Waals surface area contributed by atoms with Crippen LogP contribution in [0.3, 0.4) is 0 Å². The van der Waals surface area contributed by atoms with Gasteiger partial charge in [-0.1, -0.05) is 0 Å². The van der Waals surface area contributed by atoms with Crippen LogP contribution in [0.2, 0.25) is 0 Å². The third kappa shape index (κ3) is 3.65. The highest BCUT2D eigenvalue weighted by Gasteiger charge is 2.19. The summed E-state index contributed by atoms with van der Waals surface area (Å²) in [4.78, 5) is 15.4. The average molecular weight is 291 g/mol. The molecule has 2 aliphatic heterocycles. The molecule has 0 radical (unpaired) electrons. The number of anilines is 2. The van der Waals surface area contributed by atoms with Gasteiger partial charge in [0.25, 0.3) is 5.91 Å². The van der Waals surface area contributed by atoms with Crippen molar-refractivity contribution in [3.8, 4) is 0 Å². The molecule has 0 unspecified atom stereocenters. The smallest absolute Gasteiger partial charge is 0.250 e. The number of carbonyl (C=O) groups is 1. The van der Waals surface area contributed by atoms with E-state index in [1.165, 1.54) is 5.69 Å². The van der Waals surface area contributed by atoms with E-state index in [1.54, 1.807) is 4.90 Å². The Labute approximate surface area is 124 Å². The van der Waals surface area contributed by atoms with Crippen LogP contribution in [0, 0.1) is 0 Å². The lowest BCUT2D eigenvalue weighted by molar-refractivity contribution is -0.126. The molecule has 6 nitrogen and oxygen atoms in total. The van der Waals surface area contributed by atoms with E-state index in [0.29, 0.717) is 13.3 Å². The molecule has 0 atom stereocenters. The summed E-state index contributed by atoms with van der Waals surface area (Å²) in [7, 11) is 0. The maximum atomic E-state index is 11.4. The van der Waals surface area contributed by atoms with E-state index in [2.05, 4.69) is 34.5 Å². The number of rotatable bonds is 5. The number of amides is 1. The van der Waals surface area contributed by atoms with E-state index in [0.717, 1.165) is 38.5 Å². The zero-order valence-electron chi connectivity index (χ0n) is 12.1. The normalized spacial score (nSPS) is 19.1. The van der Waals surface area contributed by atoms with Gasteiger partial charge < -0.3 is 24.6 Å². The Bertz CT molecular complexity index is 472. The maximum absolute atomic E-state index is 11.4. The number of hydrogen-bond donors (Lipinski definition) is 1. The van der Waals surface area contributed by atoms with Crippen molar-refractivity contribution in [2.45, 2.75) is 0 Å². The van der Waals surface area contributed by atoms with Crippen LogP contribution in [-0.2, 0) is 14.3 Å². The maximum Gasteiger partial charge on any atom is 0.250 e. The van der Waals surface area contributed by atoms with Crippen LogP contribution in [0.1, 0.15) is 0 Å². The van der Waals surface area contributed by atoms with Crippen LogP contribution >= 0.6 is 0 Å². The fourth-order valence-electron chi connectivity index (χ4n) is 2.54. The van der Waals surface area contributed by atoms with E-state index >= 15 is 0 Å². The molecule has 21 heavy (non-hydrogen) atoms. The molecule has 0 saturated carbocycles. The van der Waals surface area contributed by atoms with Gasteiger partial charge in [-0.15, -0.1) is 0 Å². The van der Waals surface area contributed by atoms with Gasteiger partial charge >= 0.3 is 0 Å². The topological polar surface area (TPSA) is 54.0 Å². The minimum Gasteiger partial charge on any atom is -0.383 e. The van der Waals surface area contributed by atoms with Crippen molar-refractivity contribution < 1.29 is 14.3 Å². The van der Waals surface area contributed by atoms with Gasteiger partial charge in [-0.05, 0) is 24.3 Å². The van der Waals surface area contributed by atoms with Crippen LogP contribution in [-0.4, -0.2) is 63.5 Å². The van der Waals surface area contributed by atoms with Gasteiger partial charge in [-0.25, -0.2) is 0 Å². The molecular formula is C15H21N3O3. The number of benzene rings is 1. The number of ether oxygens (including phenoxy) is 2. The SMILES string of the molecule is O=C1COCN1CCNc1ccc(N2CCOCC2)cc1. The summed E-state index contributed by atoms with van der Waals surface area (Å²) in [6, 6.07) is 8.40. The Balaban J connectivity index is 1.46. The Morgan fingerprint density at radius 2 is 1.86 bits per heavy atom. The zero-order chi connectivity index (χ0) is 14.5. The predicted molar refractivity (Wildman–Crippen MR) is 80.5 cm³/mol. The van der Waals surface area contributed by atoms with Crippen molar-refractivity contribution in [3.63, 3.8) is 0 Å².